The number of hydrogen-bond acceptors (Lipinski definition) is 6. The third kappa shape index (κ3) is 3.29. The van der Waals surface area contributed by atoms with Crippen LogP contribution >= 0.6 is 11.3 Å². The molecule has 0 aliphatic carbocycles. The second-order valence-electron chi connectivity index (χ2n) is 3.88. The Morgan fingerprint density at radius 2 is 2.21 bits per heavy atom. The highest BCUT2D eigenvalue weighted by Crippen LogP contribution is 2.21. The van der Waals surface area contributed by atoms with Crippen molar-refractivity contribution in [2.75, 3.05) is 5.43 Å². The monoisotopic (exact) mass is 298 g/mol. The van der Waals surface area contributed by atoms with Crippen molar-refractivity contribution in [3.63, 3.8) is 0 Å². The summed E-state index contributed by atoms with van der Waals surface area (Å²) in [5, 5.41) is 1.91. The summed E-state index contributed by atoms with van der Waals surface area (Å²) in [6, 6.07) is 6.28. The van der Waals surface area contributed by atoms with Crippen LogP contribution in [0.1, 0.15) is 17.8 Å². The first kappa shape index (κ1) is 13.9. The number of nitrogens with zero attached hydrogens (tertiary/aromatic N) is 1. The summed E-state index contributed by atoms with van der Waals surface area (Å²) >= 11 is 1.50. The Morgan fingerprint density at radius 3 is 2.84 bits per heavy atom. The van der Waals surface area contributed by atoms with E-state index in [-0.39, 0.29) is 10.9 Å². The van der Waals surface area contributed by atoms with Crippen molar-refractivity contribution in [3.05, 3.63) is 40.7 Å². The van der Waals surface area contributed by atoms with Crippen LogP contribution in [0.4, 0.5) is 5.82 Å². The number of nitrogens with two attached hydrogens (primary N) is 1. The van der Waals surface area contributed by atoms with Gasteiger partial charge in [-0.25, -0.2) is 24.0 Å². The SMILES string of the molecule is CC(NS(=O)(=O)c1ccnc(NN)c1)c1cccs1. The molecule has 0 amide bonds. The van der Waals surface area contributed by atoms with Crippen molar-refractivity contribution < 1.29 is 8.42 Å². The molecule has 1 atom stereocenters. The molecule has 0 radical (unpaired) electrons. The Balaban J connectivity index is 2.22. The quantitative estimate of drug-likeness (QED) is 0.573. The first-order chi connectivity index (χ1) is 9.03. The Bertz CT molecular complexity index is 640. The van der Waals surface area contributed by atoms with Gasteiger partial charge in [0.05, 0.1) is 10.9 Å². The fourth-order valence-electron chi connectivity index (χ4n) is 1.55. The first-order valence-electron chi connectivity index (χ1n) is 5.51. The molecule has 0 aliphatic rings. The lowest BCUT2D eigenvalue weighted by atomic mass is 10.3. The van der Waals surface area contributed by atoms with Crippen LogP contribution in [0.15, 0.2) is 40.7 Å². The lowest BCUT2D eigenvalue weighted by Gasteiger charge is -2.13. The lowest BCUT2D eigenvalue weighted by Crippen LogP contribution is -2.26. The Morgan fingerprint density at radius 1 is 1.42 bits per heavy atom. The normalized spacial score (nSPS) is 13.2. The van der Waals surface area contributed by atoms with E-state index in [1.54, 1.807) is 6.92 Å². The zero-order valence-electron chi connectivity index (χ0n) is 10.2. The second-order valence-corrected chi connectivity index (χ2v) is 6.57. The van der Waals surface area contributed by atoms with Gasteiger partial charge in [0.15, 0.2) is 0 Å². The fraction of sp³-hybridized carbons (Fsp3) is 0.182. The maximum absolute atomic E-state index is 12.2. The molecule has 0 fully saturated rings. The van der Waals surface area contributed by atoms with Gasteiger partial charge in [0.1, 0.15) is 5.82 Å². The summed E-state index contributed by atoms with van der Waals surface area (Å²) in [4.78, 5) is 4.95. The summed E-state index contributed by atoms with van der Waals surface area (Å²) in [6.45, 7) is 1.80. The van der Waals surface area contributed by atoms with E-state index in [0.717, 1.165) is 4.88 Å². The van der Waals surface area contributed by atoms with E-state index < -0.39 is 10.0 Å². The van der Waals surface area contributed by atoms with Crippen LogP contribution in [0.2, 0.25) is 0 Å². The van der Waals surface area contributed by atoms with E-state index in [9.17, 15) is 8.42 Å². The maximum atomic E-state index is 12.2. The van der Waals surface area contributed by atoms with Crippen molar-refractivity contribution >= 4 is 27.2 Å². The summed E-state index contributed by atoms with van der Waals surface area (Å²) in [5.74, 6) is 5.51. The fourth-order valence-corrected chi connectivity index (χ4v) is 3.60. The predicted molar refractivity (Wildman–Crippen MR) is 75.1 cm³/mol. The molecule has 2 heterocycles. The molecule has 0 aromatic carbocycles. The maximum Gasteiger partial charge on any atom is 0.241 e. The molecule has 0 spiro atoms. The summed E-state index contributed by atoms with van der Waals surface area (Å²) < 4.78 is 27.0. The molecule has 4 N–H and O–H groups in total. The Hall–Kier alpha value is -1.48. The molecule has 19 heavy (non-hydrogen) atoms. The molecular formula is C11H14N4O2S2. The highest BCUT2D eigenvalue weighted by molar-refractivity contribution is 7.89. The van der Waals surface area contributed by atoms with Gasteiger partial charge >= 0.3 is 0 Å². The van der Waals surface area contributed by atoms with Crippen molar-refractivity contribution in [2.45, 2.75) is 17.9 Å². The molecule has 0 saturated heterocycles. The van der Waals surface area contributed by atoms with Gasteiger partial charge in [0.25, 0.3) is 0 Å². The van der Waals surface area contributed by atoms with Crippen molar-refractivity contribution in [1.29, 1.82) is 0 Å². The third-order valence-corrected chi connectivity index (χ3v) is 5.08. The largest absolute Gasteiger partial charge is 0.308 e. The molecule has 0 saturated carbocycles. The van der Waals surface area contributed by atoms with Crippen LogP contribution < -0.4 is 16.0 Å². The number of sulfonamides is 1. The van der Waals surface area contributed by atoms with E-state index in [1.807, 2.05) is 17.5 Å². The number of pyridine rings is 1. The zero-order valence-corrected chi connectivity index (χ0v) is 11.8. The molecule has 2 rings (SSSR count). The van der Waals surface area contributed by atoms with Crippen LogP contribution in [0.5, 0.6) is 0 Å². The number of hydrazine groups is 1. The first-order valence-corrected chi connectivity index (χ1v) is 7.87. The van der Waals surface area contributed by atoms with Crippen LogP contribution in [-0.4, -0.2) is 13.4 Å². The Labute approximate surface area is 115 Å². The highest BCUT2D eigenvalue weighted by Gasteiger charge is 2.19. The number of aromatic nitrogens is 1. The minimum absolute atomic E-state index is 0.124. The van der Waals surface area contributed by atoms with Crippen molar-refractivity contribution in [2.24, 2.45) is 5.84 Å². The molecule has 2 aromatic heterocycles. The number of nitrogen functional groups attached to an aromatic ring is 1. The molecule has 1 unspecified atom stereocenters. The number of nitrogens with one attached hydrogen (secondary N) is 2. The van der Waals surface area contributed by atoms with Crippen molar-refractivity contribution in [1.82, 2.24) is 9.71 Å². The van der Waals surface area contributed by atoms with Crippen LogP contribution in [0.3, 0.4) is 0 Å². The van der Waals surface area contributed by atoms with Crippen LogP contribution in [0.25, 0.3) is 0 Å². The summed E-state index contributed by atoms with van der Waals surface area (Å²) in [6.07, 6.45) is 1.39. The summed E-state index contributed by atoms with van der Waals surface area (Å²) in [5.41, 5.74) is 2.32. The molecule has 0 aliphatic heterocycles. The van der Waals surface area contributed by atoms with Gasteiger partial charge in [-0.05, 0) is 24.4 Å². The number of rotatable bonds is 5. The lowest BCUT2D eigenvalue weighted by molar-refractivity contribution is 0.568. The molecule has 102 valence electrons. The summed E-state index contributed by atoms with van der Waals surface area (Å²) in [7, 11) is -3.60. The van der Waals surface area contributed by atoms with E-state index in [2.05, 4.69) is 15.1 Å². The third-order valence-electron chi connectivity index (χ3n) is 2.49. The zero-order chi connectivity index (χ0) is 13.9. The Kier molecular flexibility index (Phi) is 4.15. The van der Waals surface area contributed by atoms with E-state index in [4.69, 9.17) is 5.84 Å². The topological polar surface area (TPSA) is 97.1 Å². The molecule has 0 bridgehead atoms. The second kappa shape index (κ2) is 5.66. The van der Waals surface area contributed by atoms with Gasteiger partial charge < -0.3 is 5.43 Å². The minimum atomic E-state index is -3.60. The van der Waals surface area contributed by atoms with Gasteiger partial charge in [0, 0.05) is 17.1 Å². The van der Waals surface area contributed by atoms with Gasteiger partial charge in [-0.15, -0.1) is 11.3 Å². The molecule has 8 heteroatoms. The van der Waals surface area contributed by atoms with E-state index in [0.29, 0.717) is 5.82 Å². The molecule has 6 nitrogen and oxygen atoms in total. The number of hydrogen-bond donors (Lipinski definition) is 3. The smallest absolute Gasteiger partial charge is 0.241 e. The molecular weight excluding hydrogens is 284 g/mol. The van der Waals surface area contributed by atoms with E-state index >= 15 is 0 Å². The van der Waals surface area contributed by atoms with Crippen LogP contribution in [0, 0.1) is 0 Å². The van der Waals surface area contributed by atoms with Crippen molar-refractivity contribution in [3.8, 4) is 0 Å². The number of anilines is 1. The minimum Gasteiger partial charge on any atom is -0.308 e. The van der Waals surface area contributed by atoms with Gasteiger partial charge in [-0.1, -0.05) is 6.07 Å². The predicted octanol–water partition coefficient (Wildman–Crippen LogP) is 1.47. The highest BCUT2D eigenvalue weighted by atomic mass is 32.2. The standard InChI is InChI=1S/C11H14N4O2S2/c1-8(10-3-2-6-18-10)15-19(16,17)9-4-5-13-11(7-9)14-12/h2-8,15H,12H2,1H3,(H,13,14). The van der Waals surface area contributed by atoms with Gasteiger partial charge in [-0.2, -0.15) is 0 Å². The van der Waals surface area contributed by atoms with Crippen LogP contribution in [-0.2, 0) is 10.0 Å². The van der Waals surface area contributed by atoms with Gasteiger partial charge in [-0.3, -0.25) is 0 Å². The average molecular weight is 298 g/mol. The molecule has 2 aromatic rings. The average Bonchev–Trinajstić information content (AvgIpc) is 2.92. The van der Waals surface area contributed by atoms with Gasteiger partial charge in [0.2, 0.25) is 10.0 Å². The van der Waals surface area contributed by atoms with E-state index in [1.165, 1.54) is 29.7 Å². The number of thiophene rings is 1.